The molecule has 16 aromatic rings. The molecule has 0 unspecified atom stereocenters. The third-order valence-electron chi connectivity index (χ3n) is 18.2. The molecule has 0 aliphatic carbocycles. The van der Waals surface area contributed by atoms with E-state index in [2.05, 4.69) is 63.6 Å². The van der Waals surface area contributed by atoms with Gasteiger partial charge >= 0.3 is 0 Å². The molecule has 560 valence electrons. The van der Waals surface area contributed by atoms with E-state index in [0.29, 0.717) is 107 Å². The lowest BCUT2D eigenvalue weighted by Crippen LogP contribution is -2.22. The molecule has 0 radical (unpaired) electrons. The van der Waals surface area contributed by atoms with Crippen molar-refractivity contribution in [3.63, 3.8) is 0 Å². The van der Waals surface area contributed by atoms with Crippen LogP contribution < -0.4 is 22.2 Å². The van der Waals surface area contributed by atoms with Gasteiger partial charge in [0.05, 0.1) is 44.3 Å². The summed E-state index contributed by atoms with van der Waals surface area (Å²) in [5, 5.41) is 50.9. The Bertz CT molecular complexity index is 6860. The van der Waals surface area contributed by atoms with Crippen LogP contribution in [-0.4, -0.2) is 83.7 Å². The molecule has 0 saturated heterocycles. The molecule has 0 aliphatic heterocycles. The van der Waals surface area contributed by atoms with E-state index in [0.717, 1.165) is 44.5 Å². The quantitative estimate of drug-likeness (QED) is 0.0561. The third-order valence-corrected chi connectivity index (χ3v) is 18.2. The highest BCUT2D eigenvalue weighted by Crippen LogP contribution is 2.28. The zero-order valence-corrected chi connectivity index (χ0v) is 62.3. The highest BCUT2D eigenvalue weighted by molar-refractivity contribution is 5.82. The van der Waals surface area contributed by atoms with Gasteiger partial charge < -0.3 is 25.5 Å². The van der Waals surface area contributed by atoms with Crippen molar-refractivity contribution in [3.8, 4) is 101 Å². The van der Waals surface area contributed by atoms with Crippen LogP contribution in [0, 0.1) is 70.1 Å². The van der Waals surface area contributed by atoms with Gasteiger partial charge in [-0.25, -0.2) is 39.9 Å². The fraction of sp³-hybridized carbons (Fsp3) is 0.0316. The molecule has 21 nitrogen and oxygen atoms in total. The van der Waals surface area contributed by atoms with Crippen LogP contribution in [0.2, 0.25) is 0 Å². The molecule has 0 fully saturated rings. The van der Waals surface area contributed by atoms with Crippen molar-refractivity contribution in [3.05, 3.63) is 369 Å². The van der Waals surface area contributed by atoms with Crippen LogP contribution in [0.25, 0.3) is 115 Å². The molecule has 5 N–H and O–H groups in total. The van der Waals surface area contributed by atoms with Crippen LogP contribution in [-0.2, 0) is 0 Å². The lowest BCUT2D eigenvalue weighted by Gasteiger charge is -2.11. The summed E-state index contributed by atoms with van der Waals surface area (Å²) in [6.45, 7) is 5.56. The lowest BCUT2D eigenvalue weighted by molar-refractivity contribution is 0.459. The third kappa shape index (κ3) is 17.4. The standard InChI is InChI=1S/3C24H17N3O2.C23H15N3O3/c2*1-3-17-6-10-19(11-7-17)27-22(13-9-18-8-12-21(28)16(2)15-18)26-23-20(24(27)29)5-4-14-25-23;1-3-17-7-11-19(12-8-17)27-22(13-10-18-9-6-16(2)15-21(18)28)26-23-20(24(27)29)5-4-14-25-23;1-2-15-5-8-17(9-6-15)26-21(12-7-16-14-18(27)10-11-20(16)28)25-22-19(23(26)29)4-3-13-24-22/h3*1,4-15,28H,2H3;1,3-14,27-28H/b2*13-9+;13-10+;12-7+. The smallest absolute Gasteiger partial charge is 0.267 e. The molecule has 0 aliphatic rings. The number of hydrogen-bond acceptors (Lipinski definition) is 17. The first-order valence-electron chi connectivity index (χ1n) is 35.7. The number of rotatable bonds is 12. The summed E-state index contributed by atoms with van der Waals surface area (Å²) < 4.78 is 6.02. The maximum absolute atomic E-state index is 13.2. The predicted octanol–water partition coefficient (Wildman–Crippen LogP) is 15.2. The number of fused-ring (bicyclic) bond motifs is 4. The number of benzene rings is 8. The molecule has 21 heteroatoms. The van der Waals surface area contributed by atoms with E-state index < -0.39 is 0 Å². The summed E-state index contributed by atoms with van der Waals surface area (Å²) in [5.41, 5.74) is 11.2. The van der Waals surface area contributed by atoms with Crippen molar-refractivity contribution >= 4 is 92.7 Å². The maximum Gasteiger partial charge on any atom is 0.267 e. The minimum Gasteiger partial charge on any atom is -0.508 e. The van der Waals surface area contributed by atoms with Gasteiger partial charge in [-0.2, -0.15) is 0 Å². The van der Waals surface area contributed by atoms with Crippen LogP contribution >= 0.6 is 0 Å². The Kier molecular flexibility index (Phi) is 23.2. The van der Waals surface area contributed by atoms with E-state index in [-0.39, 0.29) is 51.0 Å². The number of nitrogens with zero attached hydrogens (tertiary/aromatic N) is 12. The first-order valence-corrected chi connectivity index (χ1v) is 35.7. The SMILES string of the molecule is C#Cc1ccc(-n2c(/C=C/c3cc(O)ccc3O)nc3ncccc3c2=O)cc1.C#Cc1ccc(-n2c(/C=C/c3ccc(C)cc3O)nc3ncccc3c2=O)cc1.C#Cc1ccc(-n2c(/C=C/c3ccc(O)c(C)c3)nc3ncccc3c2=O)cc1.C#Cc1ccc(-n2c(/C=C/c3ccc(O)c(C)c3)nc3ncccc3c2=O)cc1. The summed E-state index contributed by atoms with van der Waals surface area (Å²) in [6.07, 6.45) is 41.9. The van der Waals surface area contributed by atoms with Gasteiger partial charge in [-0.3, -0.25) is 37.4 Å². The summed E-state index contributed by atoms with van der Waals surface area (Å²) in [4.78, 5) is 87.8. The molecular weight excluding hydrogens is 1450 g/mol. The Labute approximate surface area is 663 Å². The summed E-state index contributed by atoms with van der Waals surface area (Å²) in [6, 6.07) is 62.1. The van der Waals surface area contributed by atoms with Gasteiger partial charge in [-0.05, 0) is 279 Å². The van der Waals surface area contributed by atoms with Crippen LogP contribution in [0.4, 0.5) is 0 Å². The van der Waals surface area contributed by atoms with Crippen molar-refractivity contribution in [2.45, 2.75) is 20.8 Å². The van der Waals surface area contributed by atoms with E-state index >= 15 is 0 Å². The van der Waals surface area contributed by atoms with Gasteiger partial charge in [-0.15, -0.1) is 25.7 Å². The van der Waals surface area contributed by atoms with Gasteiger partial charge in [0, 0.05) is 58.2 Å². The molecule has 0 atom stereocenters. The number of pyridine rings is 4. The molecule has 0 amide bonds. The zero-order chi connectivity index (χ0) is 81.5. The number of phenolic OH excluding ortho intramolecular Hbond substituents is 5. The molecule has 16 rings (SSSR count). The average molecular weight is 1520 g/mol. The molecule has 0 saturated carbocycles. The number of hydrogen-bond donors (Lipinski definition) is 5. The predicted molar refractivity (Wildman–Crippen MR) is 456 cm³/mol. The van der Waals surface area contributed by atoms with Gasteiger partial charge in [0.1, 0.15) is 52.0 Å². The van der Waals surface area contributed by atoms with E-state index in [1.165, 1.54) is 36.5 Å². The van der Waals surface area contributed by atoms with Crippen molar-refractivity contribution in [1.29, 1.82) is 0 Å². The number of aryl methyl sites for hydroxylation is 3. The van der Waals surface area contributed by atoms with Crippen molar-refractivity contribution in [2.24, 2.45) is 0 Å². The van der Waals surface area contributed by atoms with Gasteiger partial charge in [0.25, 0.3) is 22.2 Å². The highest BCUT2D eigenvalue weighted by Gasteiger charge is 2.18. The fourth-order valence-corrected chi connectivity index (χ4v) is 12.1. The number of aromatic hydroxyl groups is 5. The van der Waals surface area contributed by atoms with E-state index in [1.807, 2.05) is 57.2 Å². The largest absolute Gasteiger partial charge is 0.508 e. The minimum absolute atomic E-state index is 0.00904. The Morgan fingerprint density at radius 1 is 0.302 bits per heavy atom. The second-order valence-corrected chi connectivity index (χ2v) is 25.9. The molecule has 8 aromatic heterocycles. The van der Waals surface area contributed by atoms with Crippen molar-refractivity contribution in [1.82, 2.24) is 58.1 Å². The van der Waals surface area contributed by atoms with E-state index in [1.54, 1.807) is 237 Å². The van der Waals surface area contributed by atoms with Crippen LogP contribution in [0.1, 0.15) is 84.5 Å². The summed E-state index contributed by atoms with van der Waals surface area (Å²) in [7, 11) is 0. The second-order valence-electron chi connectivity index (χ2n) is 25.9. The molecule has 0 spiro atoms. The molecule has 8 heterocycles. The number of terminal acetylenes is 4. The normalized spacial score (nSPS) is 11.0. The number of aromatic nitrogens is 12. The van der Waals surface area contributed by atoms with Gasteiger partial charge in [-0.1, -0.05) is 60.1 Å². The zero-order valence-electron chi connectivity index (χ0n) is 62.3. The van der Waals surface area contributed by atoms with Crippen molar-refractivity contribution < 1.29 is 25.5 Å². The van der Waals surface area contributed by atoms with Gasteiger partial charge in [0.2, 0.25) is 0 Å². The molecular formula is C95H66N12O9. The van der Waals surface area contributed by atoms with Crippen molar-refractivity contribution in [2.75, 3.05) is 0 Å². The molecule has 0 bridgehead atoms. The van der Waals surface area contributed by atoms with Crippen LogP contribution in [0.5, 0.6) is 28.7 Å². The topological polar surface area (TPSA) is 292 Å². The fourth-order valence-electron chi connectivity index (χ4n) is 12.1. The summed E-state index contributed by atoms with van der Waals surface area (Å²) >= 11 is 0. The Hall–Kier alpha value is -16.9. The average Bonchev–Trinajstić information content (AvgIpc) is 0.789. The second kappa shape index (κ2) is 34.8. The molecule has 116 heavy (non-hydrogen) atoms. The summed E-state index contributed by atoms with van der Waals surface area (Å²) in [5.74, 6) is 12.5. The molecule has 8 aromatic carbocycles. The monoisotopic (exact) mass is 1520 g/mol. The van der Waals surface area contributed by atoms with Crippen LogP contribution in [0.15, 0.2) is 262 Å². The first-order chi connectivity index (χ1) is 56.3. The van der Waals surface area contributed by atoms with Gasteiger partial charge in [0.15, 0.2) is 22.6 Å². The Balaban J connectivity index is 0.000000135. The van der Waals surface area contributed by atoms with Crippen LogP contribution in [0.3, 0.4) is 0 Å². The number of phenols is 5. The van der Waals surface area contributed by atoms with E-state index in [9.17, 15) is 44.7 Å². The Morgan fingerprint density at radius 2 is 0.603 bits per heavy atom. The minimum atomic E-state index is -0.281. The lowest BCUT2D eigenvalue weighted by atomic mass is 10.1. The van der Waals surface area contributed by atoms with E-state index in [4.69, 9.17) is 25.7 Å². The first kappa shape index (κ1) is 77.3. The Morgan fingerprint density at radius 3 is 0.905 bits per heavy atom. The maximum atomic E-state index is 13.2. The highest BCUT2D eigenvalue weighted by atomic mass is 16.3.